The maximum Gasteiger partial charge on any atom is 0.272 e. The van der Waals surface area contributed by atoms with Crippen molar-refractivity contribution in [3.63, 3.8) is 0 Å². The molecule has 0 saturated heterocycles. The zero-order chi connectivity index (χ0) is 11.3. The van der Waals surface area contributed by atoms with Gasteiger partial charge in [-0.05, 0) is 6.42 Å². The first-order chi connectivity index (χ1) is 7.17. The number of carbonyl (C=O) groups is 1. The summed E-state index contributed by atoms with van der Waals surface area (Å²) in [5.74, 6) is -0.424. The molecule has 1 aromatic heterocycles. The summed E-state index contributed by atoms with van der Waals surface area (Å²) in [7, 11) is 0. The van der Waals surface area contributed by atoms with Gasteiger partial charge < -0.3 is 5.32 Å². The van der Waals surface area contributed by atoms with Crippen LogP contribution in [-0.4, -0.2) is 21.9 Å². The van der Waals surface area contributed by atoms with Crippen LogP contribution in [0.4, 0.5) is 0 Å². The minimum atomic E-state index is -0.505. The summed E-state index contributed by atoms with van der Waals surface area (Å²) in [5.41, 5.74) is 0.146. The van der Waals surface area contributed by atoms with E-state index in [1.807, 2.05) is 13.0 Å². The maximum absolute atomic E-state index is 11.5. The van der Waals surface area contributed by atoms with Crippen LogP contribution in [0.5, 0.6) is 0 Å². The number of amides is 1. The van der Waals surface area contributed by atoms with Gasteiger partial charge in [-0.3, -0.25) is 4.79 Å². The molecule has 1 N–H and O–H groups in total. The fraction of sp³-hybridized carbons (Fsp3) is 0.333. The molecule has 0 aromatic carbocycles. The first kappa shape index (κ1) is 11.4. The number of carbonyl (C=O) groups excluding carboxylic acids is 1. The van der Waals surface area contributed by atoms with Crippen molar-refractivity contribution in [1.82, 2.24) is 15.3 Å². The van der Waals surface area contributed by atoms with Gasteiger partial charge in [-0.25, -0.2) is 9.97 Å². The van der Waals surface area contributed by atoms with Gasteiger partial charge in [0.1, 0.15) is 16.9 Å². The van der Waals surface area contributed by atoms with Crippen molar-refractivity contribution in [1.29, 1.82) is 5.26 Å². The molecule has 6 heteroatoms. The van der Waals surface area contributed by atoms with Crippen molar-refractivity contribution in [3.8, 4) is 6.07 Å². The highest BCUT2D eigenvalue weighted by molar-refractivity contribution is 6.29. The van der Waals surface area contributed by atoms with Gasteiger partial charge in [0.2, 0.25) is 0 Å². The summed E-state index contributed by atoms with van der Waals surface area (Å²) >= 11 is 5.52. The molecule has 1 atom stereocenters. The second-order valence-electron chi connectivity index (χ2n) is 2.79. The molecule has 0 aliphatic heterocycles. The molecule has 0 radical (unpaired) electrons. The SMILES string of the molecule is CCC(C#N)NC(=O)c1cnc(Cl)cn1. The third-order valence-electron chi connectivity index (χ3n) is 1.72. The molecule has 1 rings (SSSR count). The number of halogens is 1. The van der Waals surface area contributed by atoms with Crippen LogP contribution in [0.25, 0.3) is 0 Å². The lowest BCUT2D eigenvalue weighted by Gasteiger charge is -2.07. The van der Waals surface area contributed by atoms with Gasteiger partial charge in [-0.2, -0.15) is 5.26 Å². The first-order valence-electron chi connectivity index (χ1n) is 4.35. The van der Waals surface area contributed by atoms with Gasteiger partial charge in [0.25, 0.3) is 5.91 Å². The van der Waals surface area contributed by atoms with Crippen molar-refractivity contribution < 1.29 is 4.79 Å². The molecule has 1 unspecified atom stereocenters. The van der Waals surface area contributed by atoms with Gasteiger partial charge in [0, 0.05) is 0 Å². The predicted molar refractivity (Wildman–Crippen MR) is 54.2 cm³/mol. The number of aromatic nitrogens is 2. The zero-order valence-electron chi connectivity index (χ0n) is 8.07. The smallest absolute Gasteiger partial charge is 0.272 e. The molecule has 1 heterocycles. The highest BCUT2D eigenvalue weighted by Crippen LogP contribution is 2.01. The van der Waals surface area contributed by atoms with Gasteiger partial charge in [0.15, 0.2) is 0 Å². The Balaban J connectivity index is 2.70. The second-order valence-corrected chi connectivity index (χ2v) is 3.18. The van der Waals surface area contributed by atoms with Crippen molar-refractivity contribution in [2.45, 2.75) is 19.4 Å². The lowest BCUT2D eigenvalue weighted by atomic mass is 10.2. The molecule has 0 spiro atoms. The Kier molecular flexibility index (Phi) is 4.01. The summed E-state index contributed by atoms with van der Waals surface area (Å²) < 4.78 is 0. The molecule has 0 aliphatic carbocycles. The van der Waals surface area contributed by atoms with E-state index in [1.54, 1.807) is 0 Å². The molecule has 0 fully saturated rings. The highest BCUT2D eigenvalue weighted by Gasteiger charge is 2.12. The molecule has 0 bridgehead atoms. The Morgan fingerprint density at radius 2 is 2.40 bits per heavy atom. The monoisotopic (exact) mass is 224 g/mol. The fourth-order valence-electron chi connectivity index (χ4n) is 0.887. The normalized spacial score (nSPS) is 11.5. The summed E-state index contributed by atoms with van der Waals surface area (Å²) in [6.07, 6.45) is 3.09. The van der Waals surface area contributed by atoms with E-state index in [2.05, 4.69) is 15.3 Å². The number of nitrogens with zero attached hydrogens (tertiary/aromatic N) is 3. The maximum atomic E-state index is 11.5. The third-order valence-corrected chi connectivity index (χ3v) is 1.92. The van der Waals surface area contributed by atoms with E-state index < -0.39 is 11.9 Å². The quantitative estimate of drug-likeness (QED) is 0.836. The van der Waals surface area contributed by atoms with Crippen LogP contribution in [0.2, 0.25) is 5.15 Å². The summed E-state index contributed by atoms with van der Waals surface area (Å²) in [6, 6.07) is 1.45. The van der Waals surface area contributed by atoms with Crippen LogP contribution < -0.4 is 5.32 Å². The molecule has 0 saturated carbocycles. The summed E-state index contributed by atoms with van der Waals surface area (Å²) in [4.78, 5) is 19.0. The van der Waals surface area contributed by atoms with Crippen LogP contribution >= 0.6 is 11.6 Å². The standard InChI is InChI=1S/C9H9ClN4O/c1-2-6(3-11)14-9(15)7-4-13-8(10)5-12-7/h4-6H,2H2,1H3,(H,14,15). The second kappa shape index (κ2) is 5.27. The van der Waals surface area contributed by atoms with Crippen molar-refractivity contribution in [2.24, 2.45) is 0 Å². The van der Waals surface area contributed by atoms with Crippen LogP contribution in [0.3, 0.4) is 0 Å². The molecule has 1 amide bonds. The van der Waals surface area contributed by atoms with E-state index in [-0.39, 0.29) is 10.8 Å². The average molecular weight is 225 g/mol. The van der Waals surface area contributed by atoms with Gasteiger partial charge in [0.05, 0.1) is 18.5 Å². The highest BCUT2D eigenvalue weighted by atomic mass is 35.5. The summed E-state index contributed by atoms with van der Waals surface area (Å²) in [6.45, 7) is 1.81. The van der Waals surface area contributed by atoms with Crippen molar-refractivity contribution in [3.05, 3.63) is 23.2 Å². The van der Waals surface area contributed by atoms with E-state index >= 15 is 0 Å². The largest absolute Gasteiger partial charge is 0.335 e. The van der Waals surface area contributed by atoms with Crippen LogP contribution in [0, 0.1) is 11.3 Å². The number of hydrogen-bond acceptors (Lipinski definition) is 4. The van der Waals surface area contributed by atoms with Crippen molar-refractivity contribution in [2.75, 3.05) is 0 Å². The minimum absolute atomic E-state index is 0.146. The van der Waals surface area contributed by atoms with E-state index in [4.69, 9.17) is 16.9 Å². The molecular formula is C9H9ClN4O. The number of rotatable bonds is 3. The van der Waals surface area contributed by atoms with E-state index in [1.165, 1.54) is 12.4 Å². The van der Waals surface area contributed by atoms with Gasteiger partial charge in [-0.1, -0.05) is 18.5 Å². The summed E-state index contributed by atoms with van der Waals surface area (Å²) in [5, 5.41) is 11.4. The topological polar surface area (TPSA) is 78.7 Å². The Labute approximate surface area is 92.1 Å². The molecule has 5 nitrogen and oxygen atoms in total. The zero-order valence-corrected chi connectivity index (χ0v) is 8.82. The van der Waals surface area contributed by atoms with E-state index in [9.17, 15) is 4.79 Å². The Bertz CT molecular complexity index is 384. The van der Waals surface area contributed by atoms with E-state index in [0.29, 0.717) is 6.42 Å². The lowest BCUT2D eigenvalue weighted by molar-refractivity contribution is 0.0939. The molecule has 1 aromatic rings. The van der Waals surface area contributed by atoms with E-state index in [0.717, 1.165) is 0 Å². The lowest BCUT2D eigenvalue weighted by Crippen LogP contribution is -2.33. The molecular weight excluding hydrogens is 216 g/mol. The van der Waals surface area contributed by atoms with Crippen LogP contribution in [0.1, 0.15) is 23.8 Å². The molecule has 78 valence electrons. The van der Waals surface area contributed by atoms with Gasteiger partial charge >= 0.3 is 0 Å². The average Bonchev–Trinajstić information content (AvgIpc) is 2.26. The number of hydrogen-bond donors (Lipinski definition) is 1. The predicted octanol–water partition coefficient (Wildman–Crippen LogP) is 1.16. The molecule has 15 heavy (non-hydrogen) atoms. The van der Waals surface area contributed by atoms with Crippen LogP contribution in [0.15, 0.2) is 12.4 Å². The number of nitrogens with one attached hydrogen (secondary N) is 1. The number of nitriles is 1. The fourth-order valence-corrected chi connectivity index (χ4v) is 0.985. The Morgan fingerprint density at radius 1 is 1.67 bits per heavy atom. The third kappa shape index (κ3) is 3.18. The molecule has 0 aliphatic rings. The van der Waals surface area contributed by atoms with Gasteiger partial charge in [-0.15, -0.1) is 0 Å². The van der Waals surface area contributed by atoms with Crippen LogP contribution in [-0.2, 0) is 0 Å². The van der Waals surface area contributed by atoms with Crippen molar-refractivity contribution >= 4 is 17.5 Å². The Hall–Kier alpha value is -1.67. The Morgan fingerprint density at radius 3 is 2.87 bits per heavy atom. The minimum Gasteiger partial charge on any atom is -0.335 e. The first-order valence-corrected chi connectivity index (χ1v) is 4.73.